The smallest absolute Gasteiger partial charge is 0.335 e. The summed E-state index contributed by atoms with van der Waals surface area (Å²) >= 11 is 0. The lowest BCUT2D eigenvalue weighted by Crippen LogP contribution is -2.35. The van der Waals surface area contributed by atoms with Crippen LogP contribution in [0.4, 0.5) is 5.82 Å². The van der Waals surface area contributed by atoms with E-state index in [1.807, 2.05) is 4.90 Å². The van der Waals surface area contributed by atoms with E-state index in [9.17, 15) is 9.59 Å². The van der Waals surface area contributed by atoms with Crippen LogP contribution in [-0.4, -0.2) is 41.1 Å². The molecule has 1 saturated heterocycles. The molecule has 2 rings (SSSR count). The number of aromatic carboxylic acids is 1. The van der Waals surface area contributed by atoms with Crippen molar-refractivity contribution in [1.29, 1.82) is 0 Å². The molecule has 6 heteroatoms. The van der Waals surface area contributed by atoms with Crippen LogP contribution < -0.4 is 10.2 Å². The van der Waals surface area contributed by atoms with E-state index in [2.05, 4.69) is 10.3 Å². The van der Waals surface area contributed by atoms with Gasteiger partial charge in [-0.25, -0.2) is 9.78 Å². The quantitative estimate of drug-likeness (QED) is 0.843. The number of hydrogen-bond donors (Lipinski definition) is 2. The van der Waals surface area contributed by atoms with E-state index < -0.39 is 5.97 Å². The van der Waals surface area contributed by atoms with E-state index in [0.29, 0.717) is 18.1 Å². The molecule has 0 radical (unpaired) electrons. The number of carbonyl (C=O) groups is 2. The van der Waals surface area contributed by atoms with E-state index >= 15 is 0 Å². The van der Waals surface area contributed by atoms with Crippen molar-refractivity contribution >= 4 is 17.7 Å². The highest BCUT2D eigenvalue weighted by Crippen LogP contribution is 2.20. The first-order chi connectivity index (χ1) is 8.95. The molecule has 0 aromatic carbocycles. The first-order valence-electron chi connectivity index (χ1n) is 6.20. The molecule has 0 aliphatic carbocycles. The maximum atomic E-state index is 11.0. The number of pyridine rings is 1. The van der Waals surface area contributed by atoms with Gasteiger partial charge in [-0.3, -0.25) is 4.79 Å². The third kappa shape index (κ3) is 3.21. The zero-order valence-corrected chi connectivity index (χ0v) is 11.0. The lowest BCUT2D eigenvalue weighted by molar-refractivity contribution is -0.119. The van der Waals surface area contributed by atoms with E-state index in [4.69, 9.17) is 5.11 Å². The maximum absolute atomic E-state index is 11.0. The molecule has 6 nitrogen and oxygen atoms in total. The van der Waals surface area contributed by atoms with Crippen LogP contribution in [-0.2, 0) is 4.79 Å². The Morgan fingerprint density at radius 3 is 2.84 bits per heavy atom. The van der Waals surface area contributed by atoms with Gasteiger partial charge in [0, 0.05) is 31.7 Å². The largest absolute Gasteiger partial charge is 0.478 e. The minimum atomic E-state index is -0.954. The third-order valence-electron chi connectivity index (χ3n) is 3.11. The van der Waals surface area contributed by atoms with Crippen molar-refractivity contribution in [3.8, 4) is 0 Å². The number of carboxylic acids is 1. The molecule has 2 heterocycles. The van der Waals surface area contributed by atoms with Crippen molar-refractivity contribution in [3.05, 3.63) is 23.4 Å². The zero-order chi connectivity index (χ0) is 14.0. The summed E-state index contributed by atoms with van der Waals surface area (Å²) in [7, 11) is 0. The van der Waals surface area contributed by atoms with Crippen molar-refractivity contribution in [3.63, 3.8) is 0 Å². The summed E-state index contributed by atoms with van der Waals surface area (Å²) in [6.45, 7) is 4.70. The highest BCUT2D eigenvalue weighted by Gasteiger charge is 2.24. The molecule has 19 heavy (non-hydrogen) atoms. The van der Waals surface area contributed by atoms with Crippen molar-refractivity contribution < 1.29 is 14.7 Å². The van der Waals surface area contributed by atoms with Gasteiger partial charge in [0.25, 0.3) is 0 Å². The van der Waals surface area contributed by atoms with E-state index in [-0.39, 0.29) is 17.5 Å². The molecule has 0 spiro atoms. The molecule has 2 N–H and O–H groups in total. The Labute approximate surface area is 111 Å². The molecule has 1 aliphatic heterocycles. The monoisotopic (exact) mass is 263 g/mol. The molecule has 1 amide bonds. The van der Waals surface area contributed by atoms with Crippen molar-refractivity contribution in [1.82, 2.24) is 10.3 Å². The van der Waals surface area contributed by atoms with Gasteiger partial charge in [-0.1, -0.05) is 0 Å². The number of hydrogen-bond acceptors (Lipinski definition) is 4. The molecule has 1 aliphatic rings. The molecule has 1 fully saturated rings. The minimum Gasteiger partial charge on any atom is -0.478 e. The summed E-state index contributed by atoms with van der Waals surface area (Å²) in [5, 5.41) is 11.9. The van der Waals surface area contributed by atoms with Gasteiger partial charge in [0.2, 0.25) is 5.91 Å². The minimum absolute atomic E-state index is 0.0460. The van der Waals surface area contributed by atoms with Crippen LogP contribution in [0.5, 0.6) is 0 Å². The molecule has 1 aromatic rings. The lowest BCUT2D eigenvalue weighted by Gasteiger charge is -2.18. The molecule has 1 unspecified atom stereocenters. The summed E-state index contributed by atoms with van der Waals surface area (Å²) < 4.78 is 0. The second kappa shape index (κ2) is 5.26. The normalized spacial score (nSPS) is 18.4. The van der Waals surface area contributed by atoms with E-state index in [1.165, 1.54) is 6.92 Å². The number of carbonyl (C=O) groups excluding carboxylic acids is 1. The topological polar surface area (TPSA) is 82.5 Å². The number of aromatic nitrogens is 1. The van der Waals surface area contributed by atoms with Crippen LogP contribution in [0, 0.1) is 6.92 Å². The number of carboxylic acid groups (broad SMARTS) is 1. The summed E-state index contributed by atoms with van der Waals surface area (Å²) in [4.78, 5) is 28.4. The average molecular weight is 263 g/mol. The molecular weight excluding hydrogens is 246 g/mol. The van der Waals surface area contributed by atoms with Gasteiger partial charge in [0.15, 0.2) is 0 Å². The van der Waals surface area contributed by atoms with Crippen molar-refractivity contribution in [2.45, 2.75) is 26.3 Å². The second-order valence-corrected chi connectivity index (χ2v) is 4.79. The Morgan fingerprint density at radius 2 is 2.21 bits per heavy atom. The Kier molecular flexibility index (Phi) is 3.69. The molecule has 0 saturated carbocycles. The van der Waals surface area contributed by atoms with Crippen LogP contribution in [0.15, 0.2) is 12.1 Å². The van der Waals surface area contributed by atoms with Crippen molar-refractivity contribution in [2.24, 2.45) is 0 Å². The lowest BCUT2D eigenvalue weighted by atomic mass is 10.2. The number of anilines is 1. The van der Waals surface area contributed by atoms with Gasteiger partial charge < -0.3 is 15.3 Å². The summed E-state index contributed by atoms with van der Waals surface area (Å²) in [6, 6.07) is 3.23. The second-order valence-electron chi connectivity index (χ2n) is 4.79. The van der Waals surface area contributed by atoms with Gasteiger partial charge >= 0.3 is 5.97 Å². The van der Waals surface area contributed by atoms with E-state index in [0.717, 1.165) is 13.0 Å². The number of nitrogens with one attached hydrogen (secondary N) is 1. The molecule has 0 bridgehead atoms. The Hall–Kier alpha value is -2.11. The highest BCUT2D eigenvalue weighted by atomic mass is 16.4. The number of amides is 1. The van der Waals surface area contributed by atoms with Crippen LogP contribution in [0.2, 0.25) is 0 Å². The molecule has 1 atom stereocenters. The fourth-order valence-corrected chi connectivity index (χ4v) is 2.31. The Morgan fingerprint density at radius 1 is 1.47 bits per heavy atom. The SMILES string of the molecule is CC(=O)NC1CCN(c2cc(C(=O)O)cc(C)n2)C1. The fourth-order valence-electron chi connectivity index (χ4n) is 2.31. The molecule has 102 valence electrons. The van der Waals surface area contributed by atoms with Crippen LogP contribution >= 0.6 is 0 Å². The standard InChI is InChI=1S/C13H17N3O3/c1-8-5-10(13(18)19)6-12(14-8)16-4-3-11(7-16)15-9(2)17/h5-6,11H,3-4,7H2,1-2H3,(H,15,17)(H,18,19). The average Bonchev–Trinajstić information content (AvgIpc) is 2.75. The Bertz CT molecular complexity index is 516. The van der Waals surface area contributed by atoms with E-state index in [1.54, 1.807) is 19.1 Å². The van der Waals surface area contributed by atoms with Crippen LogP contribution in [0.25, 0.3) is 0 Å². The third-order valence-corrected chi connectivity index (χ3v) is 3.11. The van der Waals surface area contributed by atoms with Gasteiger partial charge in [0.05, 0.1) is 5.56 Å². The summed E-state index contributed by atoms with van der Waals surface area (Å²) in [5.41, 5.74) is 0.920. The maximum Gasteiger partial charge on any atom is 0.335 e. The van der Waals surface area contributed by atoms with Gasteiger partial charge in [-0.05, 0) is 25.5 Å². The summed E-state index contributed by atoms with van der Waals surface area (Å²) in [5.74, 6) is -0.343. The zero-order valence-electron chi connectivity index (χ0n) is 11.0. The first-order valence-corrected chi connectivity index (χ1v) is 6.20. The van der Waals surface area contributed by atoms with Gasteiger partial charge in [0.1, 0.15) is 5.82 Å². The predicted octanol–water partition coefficient (Wildman–Crippen LogP) is 0.803. The highest BCUT2D eigenvalue weighted by molar-refractivity contribution is 5.88. The number of nitrogens with zero attached hydrogens (tertiary/aromatic N) is 2. The fraction of sp³-hybridized carbons (Fsp3) is 0.462. The molecule has 1 aromatic heterocycles. The molecular formula is C13H17N3O3. The van der Waals surface area contributed by atoms with Gasteiger partial charge in [-0.2, -0.15) is 0 Å². The number of rotatable bonds is 3. The van der Waals surface area contributed by atoms with Gasteiger partial charge in [-0.15, -0.1) is 0 Å². The first kappa shape index (κ1) is 13.3. The Balaban J connectivity index is 2.15. The predicted molar refractivity (Wildman–Crippen MR) is 70.4 cm³/mol. The van der Waals surface area contributed by atoms with Crippen LogP contribution in [0.3, 0.4) is 0 Å². The van der Waals surface area contributed by atoms with Crippen molar-refractivity contribution in [2.75, 3.05) is 18.0 Å². The van der Waals surface area contributed by atoms with Crippen LogP contribution in [0.1, 0.15) is 29.4 Å². The summed E-state index contributed by atoms with van der Waals surface area (Å²) in [6.07, 6.45) is 0.845. The number of aryl methyl sites for hydroxylation is 1.